The molecule has 5 heteroatoms. The third-order valence-electron chi connectivity index (χ3n) is 4.07. The van der Waals surface area contributed by atoms with Gasteiger partial charge >= 0.3 is 6.03 Å². The first-order chi connectivity index (χ1) is 13.8. The highest BCUT2D eigenvalue weighted by molar-refractivity contribution is 6.92. The molecule has 29 heavy (non-hydrogen) atoms. The predicted molar refractivity (Wildman–Crippen MR) is 133 cm³/mol. The van der Waals surface area contributed by atoms with E-state index in [1.165, 1.54) is 11.1 Å². The van der Waals surface area contributed by atoms with Crippen molar-refractivity contribution in [3.63, 3.8) is 0 Å². The number of carbonyl (C=O) groups excluding carboxylic acids is 1. The average Bonchev–Trinajstić information content (AvgIpc) is 2.77. The number of hydrogen-bond donors (Lipinski definition) is 2. The molecule has 2 aromatic carbocycles. The minimum Gasteiger partial charge on any atom is -0.341 e. The zero-order valence-corrected chi connectivity index (χ0v) is 20.8. The van der Waals surface area contributed by atoms with Crippen molar-refractivity contribution in [2.75, 3.05) is 20.1 Å². The molecule has 1 unspecified atom stereocenters. The number of carbonyl (C=O) groups is 1. The summed E-state index contributed by atoms with van der Waals surface area (Å²) < 4.78 is 0. The summed E-state index contributed by atoms with van der Waals surface area (Å²) in [6, 6.07) is 21.4. The lowest BCUT2D eigenvalue weighted by molar-refractivity contribution is 0.0974. The third kappa shape index (κ3) is 9.43. The molecule has 2 N–H and O–H groups in total. The molecule has 2 amide bonds. The van der Waals surface area contributed by atoms with Gasteiger partial charge in [-0.25, -0.2) is 4.79 Å². The minimum atomic E-state index is -0.111. The highest BCUT2D eigenvalue weighted by atomic mass is 31.0. The van der Waals surface area contributed by atoms with Gasteiger partial charge in [0.15, 0.2) is 0 Å². The number of nitrogens with one attached hydrogen (secondary N) is 2. The summed E-state index contributed by atoms with van der Waals surface area (Å²) in [5.41, 5.74) is 2.57. The predicted octanol–water partition coefficient (Wildman–Crippen LogP) is 5.53. The van der Waals surface area contributed by atoms with Gasteiger partial charge in [0.2, 0.25) is 0 Å². The van der Waals surface area contributed by atoms with Gasteiger partial charge in [-0.05, 0) is 11.1 Å². The standard InChI is InChI=1S/C18H21N3O.3C2H6.H3P/c1-19-18(22)20-16-12-21(13-16)17(14-8-4-2-5-9-14)15-10-6-3-7-11-15;3*1-2;/h2-11,16-17H,12-13H2,1H3,(H2,19,20,22);3*1-2H3;1H3. The molecule has 0 saturated carbocycles. The van der Waals surface area contributed by atoms with E-state index in [1.54, 1.807) is 7.05 Å². The summed E-state index contributed by atoms with van der Waals surface area (Å²) in [7, 11) is 1.64. The molecule has 1 saturated heterocycles. The van der Waals surface area contributed by atoms with Crippen LogP contribution in [0.5, 0.6) is 0 Å². The maximum atomic E-state index is 11.4. The number of amides is 2. The maximum absolute atomic E-state index is 11.4. The Balaban J connectivity index is 0. The molecule has 1 heterocycles. The average molecular weight is 420 g/mol. The molecule has 1 atom stereocenters. The lowest BCUT2D eigenvalue weighted by Crippen LogP contribution is -2.61. The van der Waals surface area contributed by atoms with E-state index in [2.05, 4.69) is 64.1 Å². The second-order valence-corrected chi connectivity index (χ2v) is 5.60. The SMILES string of the molecule is CC.CC.CC.CNC(=O)NC1CN(C(c2ccccc2)c2ccccc2)C1.P. The van der Waals surface area contributed by atoms with Crippen LogP contribution in [0.3, 0.4) is 0 Å². The summed E-state index contributed by atoms with van der Waals surface area (Å²) in [5.74, 6) is 0. The zero-order chi connectivity index (χ0) is 21.4. The minimum absolute atomic E-state index is 0. The first kappa shape index (κ1) is 29.3. The highest BCUT2D eigenvalue weighted by Crippen LogP contribution is 2.32. The van der Waals surface area contributed by atoms with Gasteiger partial charge in [0.25, 0.3) is 0 Å². The smallest absolute Gasteiger partial charge is 0.314 e. The summed E-state index contributed by atoms with van der Waals surface area (Å²) in [6.07, 6.45) is 0. The van der Waals surface area contributed by atoms with Gasteiger partial charge in [-0.1, -0.05) is 102 Å². The quantitative estimate of drug-likeness (QED) is 0.641. The molecule has 4 nitrogen and oxygen atoms in total. The lowest BCUT2D eigenvalue weighted by Gasteiger charge is -2.44. The van der Waals surface area contributed by atoms with Crippen molar-refractivity contribution in [2.45, 2.75) is 53.6 Å². The Kier molecular flexibility index (Phi) is 18.3. The number of likely N-dealkylation sites (tertiary alicyclic amines) is 1. The van der Waals surface area contributed by atoms with Crippen molar-refractivity contribution in [3.05, 3.63) is 71.8 Å². The summed E-state index contributed by atoms with van der Waals surface area (Å²) in [5, 5.41) is 5.57. The Morgan fingerprint density at radius 3 is 1.55 bits per heavy atom. The van der Waals surface area contributed by atoms with Crippen LogP contribution in [-0.2, 0) is 0 Å². The van der Waals surface area contributed by atoms with Crippen molar-refractivity contribution in [1.82, 2.24) is 15.5 Å². The van der Waals surface area contributed by atoms with Gasteiger partial charge in [-0.2, -0.15) is 9.90 Å². The molecule has 0 aromatic heterocycles. The van der Waals surface area contributed by atoms with Crippen molar-refractivity contribution in [3.8, 4) is 0 Å². The first-order valence-electron chi connectivity index (χ1n) is 10.6. The van der Waals surface area contributed by atoms with E-state index < -0.39 is 0 Å². The molecular weight excluding hydrogens is 377 g/mol. The van der Waals surface area contributed by atoms with E-state index in [9.17, 15) is 4.79 Å². The van der Waals surface area contributed by atoms with Gasteiger partial charge in [-0.3, -0.25) is 4.90 Å². The Bertz CT molecular complexity index is 577. The number of urea groups is 1. The highest BCUT2D eigenvalue weighted by Gasteiger charge is 2.34. The molecule has 3 rings (SSSR count). The fraction of sp³-hybridized carbons (Fsp3) is 0.458. The lowest BCUT2D eigenvalue weighted by atomic mass is 9.93. The topological polar surface area (TPSA) is 44.4 Å². The van der Waals surface area contributed by atoms with Gasteiger partial charge < -0.3 is 10.6 Å². The van der Waals surface area contributed by atoms with Crippen LogP contribution in [-0.4, -0.2) is 37.1 Å². The van der Waals surface area contributed by atoms with E-state index in [0.717, 1.165) is 13.1 Å². The number of hydrogen-bond acceptors (Lipinski definition) is 2. The largest absolute Gasteiger partial charge is 0.341 e. The molecule has 164 valence electrons. The van der Waals surface area contributed by atoms with Gasteiger partial charge in [0, 0.05) is 20.1 Å². The second kappa shape index (κ2) is 18.1. The van der Waals surface area contributed by atoms with Crippen LogP contribution < -0.4 is 10.6 Å². The third-order valence-corrected chi connectivity index (χ3v) is 4.07. The molecule has 1 aliphatic rings. The van der Waals surface area contributed by atoms with Gasteiger partial charge in [0.1, 0.15) is 0 Å². The Morgan fingerprint density at radius 2 is 1.21 bits per heavy atom. The molecule has 0 aliphatic carbocycles. The van der Waals surface area contributed by atoms with Gasteiger partial charge in [-0.15, -0.1) is 0 Å². The molecule has 0 radical (unpaired) electrons. The van der Waals surface area contributed by atoms with E-state index in [-0.39, 0.29) is 28.0 Å². The zero-order valence-electron chi connectivity index (χ0n) is 19.4. The number of rotatable bonds is 4. The van der Waals surface area contributed by atoms with Crippen molar-refractivity contribution < 1.29 is 4.79 Å². The molecule has 0 spiro atoms. The van der Waals surface area contributed by atoms with Crippen molar-refractivity contribution in [1.29, 1.82) is 0 Å². The van der Waals surface area contributed by atoms with Crippen molar-refractivity contribution >= 4 is 15.9 Å². The van der Waals surface area contributed by atoms with E-state index in [4.69, 9.17) is 0 Å². The monoisotopic (exact) mass is 419 g/mol. The van der Waals surface area contributed by atoms with Crippen LogP contribution >= 0.6 is 9.90 Å². The first-order valence-corrected chi connectivity index (χ1v) is 10.6. The summed E-state index contributed by atoms with van der Waals surface area (Å²) >= 11 is 0. The van der Waals surface area contributed by atoms with Crippen LogP contribution in [0, 0.1) is 0 Å². The molecule has 1 aliphatic heterocycles. The van der Waals surface area contributed by atoms with Crippen LogP contribution in [0.15, 0.2) is 60.7 Å². The number of nitrogens with zero attached hydrogens (tertiary/aromatic N) is 1. The second-order valence-electron chi connectivity index (χ2n) is 5.60. The van der Waals surface area contributed by atoms with Gasteiger partial charge in [0.05, 0.1) is 12.1 Å². The van der Waals surface area contributed by atoms with Crippen LogP contribution in [0.2, 0.25) is 0 Å². The Morgan fingerprint density at radius 1 is 0.828 bits per heavy atom. The van der Waals surface area contributed by atoms with Crippen molar-refractivity contribution in [2.24, 2.45) is 0 Å². The number of benzene rings is 2. The molecular formula is C24H42N3OP. The summed E-state index contributed by atoms with van der Waals surface area (Å²) in [6.45, 7) is 13.7. The maximum Gasteiger partial charge on any atom is 0.314 e. The fourth-order valence-electron chi connectivity index (χ4n) is 2.96. The molecule has 0 bridgehead atoms. The summed E-state index contributed by atoms with van der Waals surface area (Å²) in [4.78, 5) is 13.8. The van der Waals surface area contributed by atoms with Crippen LogP contribution in [0.1, 0.15) is 58.7 Å². The Labute approximate surface area is 182 Å². The van der Waals surface area contributed by atoms with Crippen LogP contribution in [0.4, 0.5) is 4.79 Å². The molecule has 1 fully saturated rings. The Hall–Kier alpha value is -1.90. The van der Waals surface area contributed by atoms with Crippen LogP contribution in [0.25, 0.3) is 0 Å². The van der Waals surface area contributed by atoms with E-state index in [0.29, 0.717) is 0 Å². The van der Waals surface area contributed by atoms with E-state index >= 15 is 0 Å². The molecule has 2 aromatic rings. The normalized spacial score (nSPS) is 12.3. The fourth-order valence-corrected chi connectivity index (χ4v) is 2.96. The van der Waals surface area contributed by atoms with E-state index in [1.807, 2.05) is 53.7 Å².